The van der Waals surface area contributed by atoms with E-state index < -0.39 is 5.82 Å². The molecule has 1 unspecified atom stereocenters. The van der Waals surface area contributed by atoms with Crippen LogP contribution in [0, 0.1) is 11.6 Å². The van der Waals surface area contributed by atoms with Gasteiger partial charge in [-0.2, -0.15) is 0 Å². The minimum Gasteiger partial charge on any atom is -0.310 e. The molecule has 0 fully saturated rings. The van der Waals surface area contributed by atoms with Gasteiger partial charge in [0, 0.05) is 17.3 Å². The molecular formula is C16H17ClF2N2. The van der Waals surface area contributed by atoms with Crippen molar-refractivity contribution in [2.45, 2.75) is 25.8 Å². The zero-order valence-corrected chi connectivity index (χ0v) is 12.5. The highest BCUT2D eigenvalue weighted by Gasteiger charge is 2.15. The van der Waals surface area contributed by atoms with Crippen LogP contribution in [0.5, 0.6) is 0 Å². The molecule has 0 saturated heterocycles. The van der Waals surface area contributed by atoms with Crippen LogP contribution in [-0.4, -0.2) is 11.5 Å². The first-order valence-electron chi connectivity index (χ1n) is 6.88. The number of benzene rings is 1. The first-order valence-corrected chi connectivity index (χ1v) is 7.25. The van der Waals surface area contributed by atoms with Gasteiger partial charge in [-0.05, 0) is 48.7 Å². The number of nitrogens with zero attached hydrogens (tertiary/aromatic N) is 1. The molecule has 0 aliphatic carbocycles. The fourth-order valence-corrected chi connectivity index (χ4v) is 2.31. The predicted octanol–water partition coefficient (Wildman–Crippen LogP) is 4.30. The first-order chi connectivity index (χ1) is 10.1. The van der Waals surface area contributed by atoms with E-state index in [-0.39, 0.29) is 11.9 Å². The maximum absolute atomic E-state index is 13.9. The minimum absolute atomic E-state index is 0.191. The summed E-state index contributed by atoms with van der Waals surface area (Å²) in [7, 11) is 0. The maximum atomic E-state index is 13.9. The van der Waals surface area contributed by atoms with Crippen LogP contribution in [0.1, 0.15) is 30.5 Å². The number of nitrogens with one attached hydrogen (secondary N) is 1. The van der Waals surface area contributed by atoms with E-state index in [0.29, 0.717) is 22.6 Å². The molecule has 21 heavy (non-hydrogen) atoms. The summed E-state index contributed by atoms with van der Waals surface area (Å²) in [6, 6.07) is 5.83. The van der Waals surface area contributed by atoms with Crippen molar-refractivity contribution in [1.29, 1.82) is 0 Å². The van der Waals surface area contributed by atoms with Crippen LogP contribution in [-0.2, 0) is 6.42 Å². The fourth-order valence-electron chi connectivity index (χ4n) is 2.15. The average molecular weight is 311 g/mol. The van der Waals surface area contributed by atoms with Crippen molar-refractivity contribution in [2.75, 3.05) is 6.54 Å². The molecule has 0 aliphatic heterocycles. The highest BCUT2D eigenvalue weighted by atomic mass is 35.5. The van der Waals surface area contributed by atoms with E-state index >= 15 is 0 Å². The largest absolute Gasteiger partial charge is 0.310 e. The van der Waals surface area contributed by atoms with Crippen LogP contribution in [0.3, 0.4) is 0 Å². The molecule has 2 nitrogen and oxygen atoms in total. The van der Waals surface area contributed by atoms with Crippen molar-refractivity contribution in [2.24, 2.45) is 0 Å². The maximum Gasteiger partial charge on any atom is 0.141 e. The number of halogens is 3. The van der Waals surface area contributed by atoms with E-state index in [0.717, 1.165) is 19.2 Å². The topological polar surface area (TPSA) is 24.9 Å². The summed E-state index contributed by atoms with van der Waals surface area (Å²) >= 11 is 5.76. The molecule has 0 radical (unpaired) electrons. The summed E-state index contributed by atoms with van der Waals surface area (Å²) in [6.45, 7) is 2.80. The lowest BCUT2D eigenvalue weighted by molar-refractivity contribution is 0.507. The third-order valence-corrected chi connectivity index (χ3v) is 3.44. The lowest BCUT2D eigenvalue weighted by Crippen LogP contribution is -2.24. The Morgan fingerprint density at radius 3 is 2.71 bits per heavy atom. The Bertz CT molecular complexity index is 605. The molecule has 2 aromatic rings. The van der Waals surface area contributed by atoms with Crippen LogP contribution in [0.15, 0.2) is 36.7 Å². The van der Waals surface area contributed by atoms with Crippen molar-refractivity contribution < 1.29 is 8.78 Å². The monoisotopic (exact) mass is 310 g/mol. The molecule has 0 amide bonds. The first kappa shape index (κ1) is 15.9. The van der Waals surface area contributed by atoms with Gasteiger partial charge in [0.15, 0.2) is 0 Å². The number of aromatic nitrogens is 1. The fraction of sp³-hybridized carbons (Fsp3) is 0.312. The third kappa shape index (κ3) is 4.48. The number of rotatable bonds is 6. The Balaban J connectivity index is 2.23. The van der Waals surface area contributed by atoms with Gasteiger partial charge in [-0.1, -0.05) is 24.6 Å². The molecule has 112 valence electrons. The molecule has 1 N–H and O–H groups in total. The van der Waals surface area contributed by atoms with Crippen LogP contribution in [0.4, 0.5) is 8.78 Å². The Morgan fingerprint density at radius 2 is 2.05 bits per heavy atom. The summed E-state index contributed by atoms with van der Waals surface area (Å²) in [4.78, 5) is 3.86. The quantitative estimate of drug-likeness (QED) is 0.860. The van der Waals surface area contributed by atoms with Crippen molar-refractivity contribution in [1.82, 2.24) is 10.3 Å². The molecule has 0 saturated carbocycles. The SMILES string of the molecule is CCCNC(Cc1ccc(Cl)cc1F)c1cncc(F)c1. The second-order valence-electron chi connectivity index (χ2n) is 4.88. The number of hydrogen-bond acceptors (Lipinski definition) is 2. The Labute approximate surface area is 128 Å². The van der Waals surface area contributed by atoms with Gasteiger partial charge in [-0.25, -0.2) is 8.78 Å². The summed E-state index contributed by atoms with van der Waals surface area (Å²) in [5.74, 6) is -0.748. The molecule has 1 heterocycles. The van der Waals surface area contributed by atoms with E-state index in [2.05, 4.69) is 10.3 Å². The molecule has 1 atom stereocenters. The Kier molecular flexibility index (Phi) is 5.65. The summed E-state index contributed by atoms with van der Waals surface area (Å²) < 4.78 is 27.3. The van der Waals surface area contributed by atoms with Gasteiger partial charge in [0.1, 0.15) is 11.6 Å². The van der Waals surface area contributed by atoms with E-state index in [9.17, 15) is 8.78 Å². The van der Waals surface area contributed by atoms with E-state index in [1.165, 1.54) is 12.1 Å². The summed E-state index contributed by atoms with van der Waals surface area (Å²) in [5.41, 5.74) is 1.25. The van der Waals surface area contributed by atoms with Crippen molar-refractivity contribution in [3.63, 3.8) is 0 Å². The van der Waals surface area contributed by atoms with Gasteiger partial charge >= 0.3 is 0 Å². The molecule has 0 spiro atoms. The zero-order chi connectivity index (χ0) is 15.2. The standard InChI is InChI=1S/C16H17ClF2N2/c1-2-5-21-16(12-6-14(18)10-20-9-12)7-11-3-4-13(17)8-15(11)19/h3-4,6,8-10,16,21H,2,5,7H2,1H3. The molecule has 1 aromatic heterocycles. The van der Waals surface area contributed by atoms with E-state index in [1.54, 1.807) is 18.3 Å². The molecular weight excluding hydrogens is 294 g/mol. The normalized spacial score (nSPS) is 12.4. The lowest BCUT2D eigenvalue weighted by atomic mass is 9.99. The van der Waals surface area contributed by atoms with Crippen LogP contribution in [0.25, 0.3) is 0 Å². The van der Waals surface area contributed by atoms with Crippen LogP contribution in [0.2, 0.25) is 5.02 Å². The highest BCUT2D eigenvalue weighted by Crippen LogP contribution is 2.22. The van der Waals surface area contributed by atoms with Gasteiger partial charge in [-0.15, -0.1) is 0 Å². The second kappa shape index (κ2) is 7.48. The summed E-state index contributed by atoms with van der Waals surface area (Å²) in [6.07, 6.45) is 4.10. The lowest BCUT2D eigenvalue weighted by Gasteiger charge is -2.19. The van der Waals surface area contributed by atoms with Crippen LogP contribution >= 0.6 is 11.6 Å². The molecule has 1 aromatic carbocycles. The third-order valence-electron chi connectivity index (χ3n) is 3.21. The van der Waals surface area contributed by atoms with Gasteiger partial charge < -0.3 is 5.32 Å². The van der Waals surface area contributed by atoms with Gasteiger partial charge in [-0.3, -0.25) is 4.98 Å². The molecule has 2 rings (SSSR count). The van der Waals surface area contributed by atoms with E-state index in [1.807, 2.05) is 6.92 Å². The van der Waals surface area contributed by atoms with Gasteiger partial charge in [0.05, 0.1) is 6.20 Å². The second-order valence-corrected chi connectivity index (χ2v) is 5.32. The Morgan fingerprint density at radius 1 is 1.24 bits per heavy atom. The number of pyridine rings is 1. The predicted molar refractivity (Wildman–Crippen MR) is 80.3 cm³/mol. The zero-order valence-electron chi connectivity index (χ0n) is 11.7. The van der Waals surface area contributed by atoms with Crippen LogP contribution < -0.4 is 5.32 Å². The van der Waals surface area contributed by atoms with Crippen molar-refractivity contribution >= 4 is 11.6 Å². The smallest absolute Gasteiger partial charge is 0.141 e. The average Bonchev–Trinajstić information content (AvgIpc) is 2.45. The van der Waals surface area contributed by atoms with Crippen molar-refractivity contribution in [3.8, 4) is 0 Å². The van der Waals surface area contributed by atoms with Gasteiger partial charge in [0.2, 0.25) is 0 Å². The minimum atomic E-state index is -0.396. The Hall–Kier alpha value is -1.52. The molecule has 0 bridgehead atoms. The summed E-state index contributed by atoms with van der Waals surface area (Å²) in [5, 5.41) is 3.66. The van der Waals surface area contributed by atoms with Gasteiger partial charge in [0.25, 0.3) is 0 Å². The number of hydrogen-bond donors (Lipinski definition) is 1. The van der Waals surface area contributed by atoms with Crippen molar-refractivity contribution in [3.05, 3.63) is 64.4 Å². The van der Waals surface area contributed by atoms with E-state index in [4.69, 9.17) is 11.6 Å². The highest BCUT2D eigenvalue weighted by molar-refractivity contribution is 6.30. The molecule has 0 aliphatic rings. The molecule has 5 heteroatoms.